The van der Waals surface area contributed by atoms with Gasteiger partial charge < -0.3 is 8.85 Å². The zero-order valence-electron chi connectivity index (χ0n) is 19.5. The molecular formula is C24H52O2Si. The molecule has 0 spiro atoms. The van der Waals surface area contributed by atoms with E-state index in [-0.39, 0.29) is 0 Å². The topological polar surface area (TPSA) is 18.5 Å². The molecule has 0 aromatic rings. The fraction of sp³-hybridized carbons (Fsp3) is 1.00. The van der Waals surface area contributed by atoms with Crippen LogP contribution in [0.15, 0.2) is 0 Å². The Morgan fingerprint density at radius 3 is 1.00 bits per heavy atom. The van der Waals surface area contributed by atoms with E-state index in [9.17, 15) is 0 Å². The van der Waals surface area contributed by atoms with Crippen LogP contribution in [0.1, 0.15) is 130 Å². The van der Waals surface area contributed by atoms with Crippen LogP contribution in [0, 0.1) is 0 Å². The highest BCUT2D eigenvalue weighted by atomic mass is 28.4. The smallest absolute Gasteiger partial charge is 0.338 e. The highest BCUT2D eigenvalue weighted by molar-refractivity contribution is 6.67. The van der Waals surface area contributed by atoms with Crippen molar-refractivity contribution in [2.45, 2.75) is 143 Å². The van der Waals surface area contributed by atoms with Crippen molar-refractivity contribution in [3.8, 4) is 0 Å². The summed E-state index contributed by atoms with van der Waals surface area (Å²) in [5.74, 6) is 0. The molecule has 0 aliphatic rings. The third kappa shape index (κ3) is 16.8. The fourth-order valence-electron chi connectivity index (χ4n) is 4.04. The molecule has 164 valence electrons. The molecule has 0 unspecified atom stereocenters. The summed E-state index contributed by atoms with van der Waals surface area (Å²) in [6.45, 7) is 10.5. The lowest BCUT2D eigenvalue weighted by Crippen LogP contribution is -2.42. The zero-order chi connectivity index (χ0) is 20.1. The summed E-state index contributed by atoms with van der Waals surface area (Å²) in [6, 6.07) is 2.42. The van der Waals surface area contributed by atoms with Crippen molar-refractivity contribution >= 4 is 8.56 Å². The fourth-order valence-corrected chi connectivity index (χ4v) is 7.58. The van der Waals surface area contributed by atoms with E-state index in [0.29, 0.717) is 0 Å². The first-order valence-corrected chi connectivity index (χ1v) is 14.8. The second kappa shape index (κ2) is 20.9. The minimum absolute atomic E-state index is 0.819. The first-order valence-electron chi connectivity index (χ1n) is 12.5. The minimum atomic E-state index is -1.95. The van der Waals surface area contributed by atoms with Crippen LogP contribution in [0.5, 0.6) is 0 Å². The molecule has 2 nitrogen and oxygen atoms in total. The Labute approximate surface area is 173 Å². The normalized spacial score (nSPS) is 12.0. The van der Waals surface area contributed by atoms with Gasteiger partial charge in [-0.1, -0.05) is 117 Å². The van der Waals surface area contributed by atoms with Gasteiger partial charge in [0.2, 0.25) is 0 Å². The summed E-state index contributed by atoms with van der Waals surface area (Å²) < 4.78 is 12.6. The van der Waals surface area contributed by atoms with E-state index in [1.165, 1.54) is 115 Å². The van der Waals surface area contributed by atoms with Gasteiger partial charge in [-0.2, -0.15) is 0 Å². The third-order valence-corrected chi connectivity index (χ3v) is 9.50. The number of hydrogen-bond acceptors (Lipinski definition) is 2. The molecule has 0 N–H and O–H groups in total. The maximum absolute atomic E-state index is 6.30. The maximum Gasteiger partial charge on any atom is 0.338 e. The van der Waals surface area contributed by atoms with Gasteiger partial charge in [0.05, 0.1) is 0 Å². The molecule has 0 aliphatic heterocycles. The molecular weight excluding hydrogens is 348 g/mol. The van der Waals surface area contributed by atoms with Crippen molar-refractivity contribution in [1.29, 1.82) is 0 Å². The average Bonchev–Trinajstić information content (AvgIpc) is 2.66. The highest BCUT2D eigenvalue weighted by Gasteiger charge is 2.35. The average molecular weight is 401 g/mol. The van der Waals surface area contributed by atoms with Gasteiger partial charge in [-0.3, -0.25) is 0 Å². The van der Waals surface area contributed by atoms with E-state index in [0.717, 1.165) is 13.2 Å². The van der Waals surface area contributed by atoms with Crippen molar-refractivity contribution in [2.24, 2.45) is 0 Å². The minimum Gasteiger partial charge on any atom is -0.394 e. The standard InChI is InChI=1S/C24H52O2Si/c1-5-9-11-13-15-16-17-18-20-22-24-27(25-7-3,26-8-4)23-21-19-14-12-10-6-2/h5-24H2,1-4H3. The summed E-state index contributed by atoms with van der Waals surface area (Å²) in [6.07, 6.45) is 22.1. The molecule has 3 heteroatoms. The summed E-state index contributed by atoms with van der Waals surface area (Å²) in [5.41, 5.74) is 0. The van der Waals surface area contributed by atoms with Crippen molar-refractivity contribution in [1.82, 2.24) is 0 Å². The molecule has 0 saturated carbocycles. The van der Waals surface area contributed by atoms with Gasteiger partial charge in [0.1, 0.15) is 0 Å². The molecule has 0 rings (SSSR count). The summed E-state index contributed by atoms with van der Waals surface area (Å²) in [7, 11) is -1.95. The van der Waals surface area contributed by atoms with Gasteiger partial charge in [0.25, 0.3) is 0 Å². The molecule has 0 amide bonds. The summed E-state index contributed by atoms with van der Waals surface area (Å²) >= 11 is 0. The van der Waals surface area contributed by atoms with E-state index < -0.39 is 8.56 Å². The van der Waals surface area contributed by atoms with Crippen molar-refractivity contribution in [3.05, 3.63) is 0 Å². The Morgan fingerprint density at radius 2 is 0.704 bits per heavy atom. The Bertz CT molecular complexity index is 278. The van der Waals surface area contributed by atoms with Crippen LogP contribution in [-0.4, -0.2) is 21.8 Å². The van der Waals surface area contributed by atoms with Crippen LogP contribution < -0.4 is 0 Å². The monoisotopic (exact) mass is 400 g/mol. The van der Waals surface area contributed by atoms with Crippen molar-refractivity contribution < 1.29 is 8.85 Å². The van der Waals surface area contributed by atoms with Gasteiger partial charge in [-0.25, -0.2) is 0 Å². The van der Waals surface area contributed by atoms with Crippen LogP contribution in [0.4, 0.5) is 0 Å². The Kier molecular flexibility index (Phi) is 21.0. The first-order chi connectivity index (χ1) is 13.2. The lowest BCUT2D eigenvalue weighted by atomic mass is 10.1. The van der Waals surface area contributed by atoms with Gasteiger partial charge in [-0.05, 0) is 25.9 Å². The Balaban J connectivity index is 3.96. The largest absolute Gasteiger partial charge is 0.394 e. The second-order valence-electron chi connectivity index (χ2n) is 8.23. The SMILES string of the molecule is CCCCCCCCCCCC[Si](CCCCCCCC)(OCC)OCC. The number of rotatable bonds is 22. The van der Waals surface area contributed by atoms with E-state index in [1.807, 2.05) is 0 Å². The second-order valence-corrected chi connectivity index (χ2v) is 11.6. The lowest BCUT2D eigenvalue weighted by molar-refractivity contribution is 0.180. The van der Waals surface area contributed by atoms with Gasteiger partial charge in [-0.15, -0.1) is 0 Å². The highest BCUT2D eigenvalue weighted by Crippen LogP contribution is 2.26. The lowest BCUT2D eigenvalue weighted by Gasteiger charge is -2.30. The molecule has 0 fully saturated rings. The Morgan fingerprint density at radius 1 is 0.407 bits per heavy atom. The van der Waals surface area contributed by atoms with Gasteiger partial charge in [0.15, 0.2) is 0 Å². The van der Waals surface area contributed by atoms with Crippen LogP contribution in [0.25, 0.3) is 0 Å². The predicted octanol–water partition coefficient (Wildman–Crippen LogP) is 8.78. The summed E-state index contributed by atoms with van der Waals surface area (Å²) in [5, 5.41) is 0. The molecule has 0 aliphatic carbocycles. The van der Waals surface area contributed by atoms with E-state index in [4.69, 9.17) is 8.85 Å². The summed E-state index contributed by atoms with van der Waals surface area (Å²) in [4.78, 5) is 0. The molecule has 0 saturated heterocycles. The molecule has 27 heavy (non-hydrogen) atoms. The van der Waals surface area contributed by atoms with E-state index in [1.54, 1.807) is 0 Å². The van der Waals surface area contributed by atoms with Gasteiger partial charge in [0, 0.05) is 13.2 Å². The predicted molar refractivity (Wildman–Crippen MR) is 124 cm³/mol. The number of unbranched alkanes of at least 4 members (excludes halogenated alkanes) is 14. The molecule has 0 radical (unpaired) electrons. The van der Waals surface area contributed by atoms with E-state index in [2.05, 4.69) is 27.7 Å². The van der Waals surface area contributed by atoms with E-state index >= 15 is 0 Å². The molecule has 0 atom stereocenters. The molecule has 0 aromatic heterocycles. The van der Waals surface area contributed by atoms with Gasteiger partial charge >= 0.3 is 8.56 Å². The molecule has 0 aromatic carbocycles. The molecule has 0 bridgehead atoms. The van der Waals surface area contributed by atoms with Crippen LogP contribution in [-0.2, 0) is 8.85 Å². The quantitative estimate of drug-likeness (QED) is 0.133. The Hall–Kier alpha value is 0.137. The molecule has 0 heterocycles. The van der Waals surface area contributed by atoms with Crippen molar-refractivity contribution in [3.63, 3.8) is 0 Å². The van der Waals surface area contributed by atoms with Crippen LogP contribution >= 0.6 is 0 Å². The maximum atomic E-state index is 6.30. The zero-order valence-corrected chi connectivity index (χ0v) is 20.5. The van der Waals surface area contributed by atoms with Crippen molar-refractivity contribution in [2.75, 3.05) is 13.2 Å². The first kappa shape index (κ1) is 27.1. The number of hydrogen-bond donors (Lipinski definition) is 0. The third-order valence-electron chi connectivity index (χ3n) is 5.64. The van der Waals surface area contributed by atoms with Crippen LogP contribution in [0.3, 0.4) is 0 Å². The van der Waals surface area contributed by atoms with Crippen LogP contribution in [0.2, 0.25) is 12.1 Å².